The number of amides is 1. The van der Waals surface area contributed by atoms with E-state index in [4.69, 9.17) is 27.9 Å². The van der Waals surface area contributed by atoms with Crippen molar-refractivity contribution >= 4 is 39.1 Å². The molecule has 162 valence electrons. The monoisotopic (exact) mass is 482 g/mol. The lowest BCUT2D eigenvalue weighted by atomic mass is 9.99. The van der Waals surface area contributed by atoms with Gasteiger partial charge >= 0.3 is 0 Å². The van der Waals surface area contributed by atoms with Gasteiger partial charge in [0.05, 0.1) is 11.8 Å². The molecular formula is C21H17Cl2FN2O4S. The van der Waals surface area contributed by atoms with Crippen molar-refractivity contribution in [3.63, 3.8) is 0 Å². The minimum atomic E-state index is -3.82. The Morgan fingerprint density at radius 1 is 1.10 bits per heavy atom. The van der Waals surface area contributed by atoms with Crippen molar-refractivity contribution in [1.29, 1.82) is 0 Å². The first-order valence-corrected chi connectivity index (χ1v) is 11.5. The summed E-state index contributed by atoms with van der Waals surface area (Å²) in [5, 5.41) is 0.690. The molecule has 1 aromatic heterocycles. The van der Waals surface area contributed by atoms with Gasteiger partial charge in [0.25, 0.3) is 5.91 Å². The van der Waals surface area contributed by atoms with Crippen molar-refractivity contribution in [2.24, 2.45) is 0 Å². The summed E-state index contributed by atoms with van der Waals surface area (Å²) >= 11 is 12.3. The highest BCUT2D eigenvalue weighted by Gasteiger charge is 2.19. The fourth-order valence-electron chi connectivity index (χ4n) is 2.83. The molecule has 0 aliphatic carbocycles. The lowest BCUT2D eigenvalue weighted by Gasteiger charge is -2.13. The molecule has 0 bridgehead atoms. The molecule has 10 heteroatoms. The van der Waals surface area contributed by atoms with Gasteiger partial charge in [0.1, 0.15) is 16.6 Å². The number of nitrogens with one attached hydrogen (secondary N) is 1. The Morgan fingerprint density at radius 2 is 1.81 bits per heavy atom. The van der Waals surface area contributed by atoms with E-state index in [0.717, 1.165) is 17.9 Å². The molecule has 0 aliphatic heterocycles. The normalized spacial score (nSPS) is 11.3. The van der Waals surface area contributed by atoms with Crippen LogP contribution in [0, 0.1) is 19.7 Å². The minimum absolute atomic E-state index is 0.151. The number of rotatable bonds is 5. The van der Waals surface area contributed by atoms with Crippen LogP contribution in [0.4, 0.5) is 4.39 Å². The molecule has 0 radical (unpaired) electrons. The number of aryl methyl sites for hydroxylation is 2. The van der Waals surface area contributed by atoms with Crippen molar-refractivity contribution < 1.29 is 22.3 Å². The highest BCUT2D eigenvalue weighted by atomic mass is 35.5. The lowest BCUT2D eigenvalue weighted by molar-refractivity contribution is 0.0977. The smallest absolute Gasteiger partial charge is 0.267 e. The molecule has 0 atom stereocenters. The summed E-state index contributed by atoms with van der Waals surface area (Å²) < 4.78 is 44.5. The van der Waals surface area contributed by atoms with Crippen LogP contribution in [0.15, 0.2) is 42.6 Å². The molecule has 0 aliphatic rings. The molecule has 3 aromatic rings. The van der Waals surface area contributed by atoms with E-state index in [1.54, 1.807) is 35.9 Å². The summed E-state index contributed by atoms with van der Waals surface area (Å²) in [5.41, 5.74) is 1.91. The standard InChI is InChI=1S/C21H17Cl2FN2O4S/c1-11-4-5-14(22)8-19(11)30-21-17(23)7-13(10-25-21)15-9-18(24)16(6-12(15)2)20(27)26-31(3,28)29/h4-10H,1-3H3,(H,26,27). The molecule has 0 spiro atoms. The maximum Gasteiger partial charge on any atom is 0.267 e. The summed E-state index contributed by atoms with van der Waals surface area (Å²) in [6, 6.07) is 9.12. The molecule has 1 heterocycles. The third-order valence-corrected chi connectivity index (χ3v) is 5.37. The van der Waals surface area contributed by atoms with Crippen LogP contribution in [-0.4, -0.2) is 25.6 Å². The van der Waals surface area contributed by atoms with Gasteiger partial charge in [-0.05, 0) is 60.9 Å². The summed E-state index contributed by atoms with van der Waals surface area (Å²) in [7, 11) is -3.82. The zero-order valence-corrected chi connectivity index (χ0v) is 19.0. The number of nitrogens with zero attached hydrogens (tertiary/aromatic N) is 1. The van der Waals surface area contributed by atoms with Gasteiger partial charge in [-0.1, -0.05) is 29.3 Å². The first-order valence-electron chi connectivity index (χ1n) is 8.87. The van der Waals surface area contributed by atoms with Gasteiger partial charge in [0, 0.05) is 16.8 Å². The van der Waals surface area contributed by atoms with Crippen LogP contribution in [0.1, 0.15) is 21.5 Å². The van der Waals surface area contributed by atoms with Gasteiger partial charge in [-0.2, -0.15) is 0 Å². The first kappa shape index (κ1) is 23.0. The number of aromatic nitrogens is 1. The predicted molar refractivity (Wildman–Crippen MR) is 118 cm³/mol. The molecule has 31 heavy (non-hydrogen) atoms. The number of halogens is 3. The Morgan fingerprint density at radius 3 is 2.45 bits per heavy atom. The Kier molecular flexibility index (Phi) is 6.54. The van der Waals surface area contributed by atoms with E-state index in [1.165, 1.54) is 12.3 Å². The Bertz CT molecular complexity index is 1300. The SMILES string of the molecule is Cc1ccc(Cl)cc1Oc1ncc(-c2cc(F)c(C(=O)NS(C)(=O)=O)cc2C)cc1Cl. The molecule has 1 N–H and O–H groups in total. The second-order valence-corrected chi connectivity index (χ2v) is 9.47. The molecule has 0 saturated carbocycles. The van der Waals surface area contributed by atoms with Gasteiger partial charge < -0.3 is 4.74 Å². The number of ether oxygens (including phenoxy) is 1. The van der Waals surface area contributed by atoms with Crippen molar-refractivity contribution in [3.8, 4) is 22.8 Å². The average molecular weight is 483 g/mol. The number of pyridine rings is 1. The zero-order valence-electron chi connectivity index (χ0n) is 16.7. The molecule has 3 rings (SSSR count). The highest BCUT2D eigenvalue weighted by molar-refractivity contribution is 7.89. The number of carbonyl (C=O) groups is 1. The van der Waals surface area contributed by atoms with Crippen LogP contribution < -0.4 is 9.46 Å². The number of carbonyl (C=O) groups excluding carboxylic acids is 1. The highest BCUT2D eigenvalue weighted by Crippen LogP contribution is 2.34. The molecule has 2 aromatic carbocycles. The second kappa shape index (κ2) is 8.82. The minimum Gasteiger partial charge on any atom is -0.437 e. The van der Waals surface area contributed by atoms with Crippen LogP contribution in [0.5, 0.6) is 11.6 Å². The molecular weight excluding hydrogens is 466 g/mol. The van der Waals surface area contributed by atoms with E-state index in [1.807, 2.05) is 6.92 Å². The third-order valence-electron chi connectivity index (χ3n) is 4.31. The van der Waals surface area contributed by atoms with Gasteiger partial charge in [-0.3, -0.25) is 4.79 Å². The Labute approximate surface area is 189 Å². The van der Waals surface area contributed by atoms with E-state index in [9.17, 15) is 17.6 Å². The van der Waals surface area contributed by atoms with Crippen LogP contribution in [0.3, 0.4) is 0 Å². The van der Waals surface area contributed by atoms with Gasteiger partial charge in [-0.15, -0.1) is 0 Å². The number of benzene rings is 2. The van der Waals surface area contributed by atoms with Crippen molar-refractivity contribution in [1.82, 2.24) is 9.71 Å². The summed E-state index contributed by atoms with van der Waals surface area (Å²) in [6.07, 6.45) is 2.27. The second-order valence-electron chi connectivity index (χ2n) is 6.87. The molecule has 0 unspecified atom stereocenters. The number of sulfonamides is 1. The Balaban J connectivity index is 1.93. The summed E-state index contributed by atoms with van der Waals surface area (Å²) in [5.74, 6) is -1.28. The zero-order chi connectivity index (χ0) is 22.9. The van der Waals surface area contributed by atoms with Crippen LogP contribution in [0.2, 0.25) is 10.0 Å². The fraction of sp³-hybridized carbons (Fsp3) is 0.143. The van der Waals surface area contributed by atoms with Crippen LogP contribution in [0.25, 0.3) is 11.1 Å². The van der Waals surface area contributed by atoms with Crippen LogP contribution >= 0.6 is 23.2 Å². The van der Waals surface area contributed by atoms with Crippen molar-refractivity contribution in [3.05, 3.63) is 75.1 Å². The van der Waals surface area contributed by atoms with E-state index in [-0.39, 0.29) is 16.5 Å². The van der Waals surface area contributed by atoms with Gasteiger partial charge in [-0.25, -0.2) is 22.5 Å². The molecule has 0 fully saturated rings. The Hall–Kier alpha value is -2.68. The fourth-order valence-corrected chi connectivity index (χ4v) is 3.64. The van der Waals surface area contributed by atoms with Gasteiger partial charge in [0.2, 0.25) is 15.9 Å². The van der Waals surface area contributed by atoms with Crippen molar-refractivity contribution in [2.45, 2.75) is 13.8 Å². The van der Waals surface area contributed by atoms with E-state index in [2.05, 4.69) is 4.98 Å². The number of hydrogen-bond acceptors (Lipinski definition) is 5. The maximum atomic E-state index is 14.5. The average Bonchev–Trinajstić information content (AvgIpc) is 2.66. The van der Waals surface area contributed by atoms with Gasteiger partial charge in [0.15, 0.2) is 0 Å². The number of hydrogen-bond donors (Lipinski definition) is 1. The van der Waals surface area contributed by atoms with E-state index in [0.29, 0.717) is 27.5 Å². The quantitative estimate of drug-likeness (QED) is 0.533. The van der Waals surface area contributed by atoms with E-state index < -0.39 is 21.7 Å². The van der Waals surface area contributed by atoms with Crippen LogP contribution in [-0.2, 0) is 10.0 Å². The topological polar surface area (TPSA) is 85.4 Å². The van der Waals surface area contributed by atoms with E-state index >= 15 is 0 Å². The largest absolute Gasteiger partial charge is 0.437 e. The lowest BCUT2D eigenvalue weighted by Crippen LogP contribution is -2.30. The first-order chi connectivity index (χ1) is 14.4. The maximum absolute atomic E-state index is 14.5. The van der Waals surface area contributed by atoms with Crippen molar-refractivity contribution in [2.75, 3.05) is 6.26 Å². The predicted octanol–water partition coefficient (Wildman–Crippen LogP) is 5.29. The third kappa shape index (κ3) is 5.52. The molecule has 1 amide bonds. The summed E-state index contributed by atoms with van der Waals surface area (Å²) in [4.78, 5) is 16.2. The summed E-state index contributed by atoms with van der Waals surface area (Å²) in [6.45, 7) is 3.50. The molecule has 0 saturated heterocycles. The molecule has 6 nitrogen and oxygen atoms in total.